The second kappa shape index (κ2) is 6.78. The van der Waals surface area contributed by atoms with Gasteiger partial charge in [-0.15, -0.1) is 5.10 Å². The molecule has 1 heterocycles. The lowest BCUT2D eigenvalue weighted by Gasteiger charge is -2.17. The topological polar surface area (TPSA) is 37.8 Å². The highest BCUT2D eigenvalue weighted by Crippen LogP contribution is 2.21. The Balaban J connectivity index is 2.13. The van der Waals surface area contributed by atoms with E-state index in [4.69, 9.17) is 0 Å². The molecule has 0 amide bonds. The Labute approximate surface area is 119 Å². The summed E-state index contributed by atoms with van der Waals surface area (Å²) in [6, 6.07) is 7.02. The molecule has 0 saturated heterocycles. The molecule has 1 N–H and O–H groups in total. The van der Waals surface area contributed by atoms with E-state index >= 15 is 0 Å². The monoisotopic (exact) mass is 275 g/mol. The molecule has 1 unspecified atom stereocenters. The number of rotatable bonds is 6. The van der Waals surface area contributed by atoms with Gasteiger partial charge in [0, 0.05) is 6.04 Å². The molecule has 1 aromatic carbocycles. The van der Waals surface area contributed by atoms with Gasteiger partial charge in [0.15, 0.2) is 0 Å². The predicted molar refractivity (Wildman–Crippen MR) is 80.6 cm³/mol. The molecule has 4 heteroatoms. The molecular weight excluding hydrogens is 254 g/mol. The van der Waals surface area contributed by atoms with Crippen molar-refractivity contribution in [3.05, 3.63) is 46.0 Å². The smallest absolute Gasteiger partial charge is 0.0669 e. The highest BCUT2D eigenvalue weighted by atomic mass is 32.1. The van der Waals surface area contributed by atoms with E-state index in [1.165, 1.54) is 33.1 Å². The van der Waals surface area contributed by atoms with Crippen LogP contribution in [0.25, 0.3) is 0 Å². The highest BCUT2D eigenvalue weighted by molar-refractivity contribution is 7.05. The van der Waals surface area contributed by atoms with Crippen LogP contribution in [0.3, 0.4) is 0 Å². The van der Waals surface area contributed by atoms with E-state index in [1.807, 2.05) is 6.20 Å². The van der Waals surface area contributed by atoms with Crippen LogP contribution in [-0.2, 0) is 6.42 Å². The maximum Gasteiger partial charge on any atom is 0.0669 e. The van der Waals surface area contributed by atoms with Crippen molar-refractivity contribution in [3.8, 4) is 0 Å². The zero-order valence-electron chi connectivity index (χ0n) is 11.8. The van der Waals surface area contributed by atoms with Crippen molar-refractivity contribution in [1.29, 1.82) is 0 Å². The molecule has 0 aliphatic rings. The quantitative estimate of drug-likeness (QED) is 0.877. The molecule has 0 saturated carbocycles. The molecule has 0 bridgehead atoms. The summed E-state index contributed by atoms with van der Waals surface area (Å²) in [4.78, 5) is 1.21. The molecule has 3 nitrogen and oxygen atoms in total. The summed E-state index contributed by atoms with van der Waals surface area (Å²) in [6.07, 6.45) is 4.00. The van der Waals surface area contributed by atoms with E-state index in [0.717, 1.165) is 19.4 Å². The van der Waals surface area contributed by atoms with Crippen LogP contribution in [0.5, 0.6) is 0 Å². The molecular formula is C15H21N3S. The fraction of sp³-hybridized carbons (Fsp3) is 0.467. The molecule has 1 atom stereocenters. The van der Waals surface area contributed by atoms with Gasteiger partial charge in [-0.2, -0.15) is 0 Å². The first kappa shape index (κ1) is 14.2. The second-order valence-corrected chi connectivity index (χ2v) is 5.77. The minimum atomic E-state index is 0.321. The molecule has 1 aromatic heterocycles. The van der Waals surface area contributed by atoms with Crippen LogP contribution >= 0.6 is 11.5 Å². The Hall–Kier alpha value is -1.26. The Morgan fingerprint density at radius 1 is 1.26 bits per heavy atom. The molecule has 2 rings (SSSR count). The van der Waals surface area contributed by atoms with Gasteiger partial charge in [-0.25, -0.2) is 0 Å². The van der Waals surface area contributed by atoms with Gasteiger partial charge in [-0.05, 0) is 61.5 Å². The molecule has 0 aliphatic carbocycles. The van der Waals surface area contributed by atoms with Crippen molar-refractivity contribution >= 4 is 11.5 Å². The SMILES string of the molecule is CCCNC(Cc1ccc(C)c(C)c1)c1cnns1. The van der Waals surface area contributed by atoms with E-state index in [1.54, 1.807) is 0 Å². The molecule has 102 valence electrons. The number of aromatic nitrogens is 2. The summed E-state index contributed by atoms with van der Waals surface area (Å²) in [5.74, 6) is 0. The summed E-state index contributed by atoms with van der Waals surface area (Å²) in [6.45, 7) is 7.53. The van der Waals surface area contributed by atoms with Gasteiger partial charge in [0.05, 0.1) is 11.1 Å². The predicted octanol–water partition coefficient (Wildman–Crippen LogP) is 3.44. The number of aryl methyl sites for hydroxylation is 2. The van der Waals surface area contributed by atoms with E-state index in [0.29, 0.717) is 6.04 Å². The van der Waals surface area contributed by atoms with Gasteiger partial charge in [0.1, 0.15) is 0 Å². The number of benzene rings is 1. The van der Waals surface area contributed by atoms with E-state index in [2.05, 4.69) is 53.9 Å². The zero-order valence-corrected chi connectivity index (χ0v) is 12.6. The number of nitrogens with zero attached hydrogens (tertiary/aromatic N) is 2. The van der Waals surface area contributed by atoms with Crippen molar-refractivity contribution < 1.29 is 0 Å². The molecule has 0 radical (unpaired) electrons. The van der Waals surface area contributed by atoms with Crippen LogP contribution in [0.2, 0.25) is 0 Å². The Bertz CT molecular complexity index is 508. The van der Waals surface area contributed by atoms with E-state index < -0.39 is 0 Å². The minimum Gasteiger partial charge on any atom is -0.309 e. The third kappa shape index (κ3) is 3.85. The fourth-order valence-corrected chi connectivity index (χ4v) is 2.66. The molecule has 0 aliphatic heterocycles. The van der Waals surface area contributed by atoms with Crippen LogP contribution in [0.1, 0.15) is 41.0 Å². The van der Waals surface area contributed by atoms with Gasteiger partial charge in [-0.1, -0.05) is 29.6 Å². The molecule has 0 fully saturated rings. The standard InChI is InChI=1S/C15H21N3S/c1-4-7-16-14(15-10-17-18-19-15)9-13-6-5-11(2)12(3)8-13/h5-6,8,10,14,16H,4,7,9H2,1-3H3. The van der Waals surface area contributed by atoms with Crippen LogP contribution in [0.4, 0.5) is 0 Å². The average Bonchev–Trinajstić information content (AvgIpc) is 2.92. The molecule has 2 aromatic rings. The summed E-state index contributed by atoms with van der Waals surface area (Å²) in [7, 11) is 0. The lowest BCUT2D eigenvalue weighted by Crippen LogP contribution is -2.23. The molecule has 19 heavy (non-hydrogen) atoms. The lowest BCUT2D eigenvalue weighted by molar-refractivity contribution is 0.536. The van der Waals surface area contributed by atoms with Gasteiger partial charge in [-0.3, -0.25) is 0 Å². The van der Waals surface area contributed by atoms with Crippen LogP contribution in [0, 0.1) is 13.8 Å². The first-order valence-corrected chi connectivity index (χ1v) is 7.54. The molecule has 0 spiro atoms. The number of nitrogens with one attached hydrogen (secondary N) is 1. The number of hydrogen-bond acceptors (Lipinski definition) is 4. The van der Waals surface area contributed by atoms with Crippen LogP contribution in [0.15, 0.2) is 24.4 Å². The third-order valence-electron chi connectivity index (χ3n) is 3.37. The Kier molecular flexibility index (Phi) is 5.05. The summed E-state index contributed by atoms with van der Waals surface area (Å²) < 4.78 is 3.98. The third-order valence-corrected chi connectivity index (χ3v) is 4.15. The largest absolute Gasteiger partial charge is 0.309 e. The van der Waals surface area contributed by atoms with Crippen molar-refractivity contribution in [2.75, 3.05) is 6.54 Å². The zero-order chi connectivity index (χ0) is 13.7. The van der Waals surface area contributed by atoms with E-state index in [-0.39, 0.29) is 0 Å². The van der Waals surface area contributed by atoms with Gasteiger partial charge in [0.25, 0.3) is 0 Å². The summed E-state index contributed by atoms with van der Waals surface area (Å²) in [5, 5.41) is 7.54. The van der Waals surface area contributed by atoms with Gasteiger partial charge in [0.2, 0.25) is 0 Å². The lowest BCUT2D eigenvalue weighted by atomic mass is 10.0. The van der Waals surface area contributed by atoms with Crippen molar-refractivity contribution in [3.63, 3.8) is 0 Å². The van der Waals surface area contributed by atoms with E-state index in [9.17, 15) is 0 Å². The fourth-order valence-electron chi connectivity index (χ4n) is 2.09. The van der Waals surface area contributed by atoms with Crippen LogP contribution in [-0.4, -0.2) is 16.1 Å². The van der Waals surface area contributed by atoms with Crippen molar-refractivity contribution in [2.24, 2.45) is 0 Å². The summed E-state index contributed by atoms with van der Waals surface area (Å²) >= 11 is 1.48. The van der Waals surface area contributed by atoms with Crippen LogP contribution < -0.4 is 5.32 Å². The van der Waals surface area contributed by atoms with Gasteiger partial charge >= 0.3 is 0 Å². The minimum absolute atomic E-state index is 0.321. The Morgan fingerprint density at radius 3 is 2.74 bits per heavy atom. The summed E-state index contributed by atoms with van der Waals surface area (Å²) in [5.41, 5.74) is 4.07. The Morgan fingerprint density at radius 2 is 2.11 bits per heavy atom. The first-order valence-electron chi connectivity index (χ1n) is 6.77. The first-order chi connectivity index (χ1) is 9.20. The maximum absolute atomic E-state index is 3.98. The normalized spacial score (nSPS) is 12.6. The average molecular weight is 275 g/mol. The highest BCUT2D eigenvalue weighted by Gasteiger charge is 2.14. The van der Waals surface area contributed by atoms with Gasteiger partial charge < -0.3 is 5.32 Å². The van der Waals surface area contributed by atoms with Crippen molar-refractivity contribution in [2.45, 2.75) is 39.7 Å². The van der Waals surface area contributed by atoms with Crippen molar-refractivity contribution in [1.82, 2.24) is 14.9 Å². The number of hydrogen-bond donors (Lipinski definition) is 1. The maximum atomic E-state index is 3.98. The second-order valence-electron chi connectivity index (χ2n) is 4.95.